The summed E-state index contributed by atoms with van der Waals surface area (Å²) < 4.78 is 15.3. The molecule has 4 aromatic heterocycles. The van der Waals surface area contributed by atoms with Crippen LogP contribution in [0.3, 0.4) is 0 Å². The molecule has 0 spiro atoms. The molecule has 4 fully saturated rings. The van der Waals surface area contributed by atoms with Crippen LogP contribution in [-0.4, -0.2) is 126 Å². The fourth-order valence-corrected chi connectivity index (χ4v) is 13.4. The molecule has 3 atom stereocenters. The largest absolute Gasteiger partial charge is 0.367 e. The average molecular weight is 1130 g/mol. The molecule has 17 nitrogen and oxygen atoms in total. The highest BCUT2D eigenvalue weighted by Crippen LogP contribution is 2.37. The van der Waals surface area contributed by atoms with Gasteiger partial charge in [-0.3, -0.25) is 43.1 Å². The quantitative estimate of drug-likeness (QED) is 0.0480. The van der Waals surface area contributed by atoms with Crippen molar-refractivity contribution in [1.29, 1.82) is 0 Å². The van der Waals surface area contributed by atoms with Crippen molar-refractivity contribution in [3.05, 3.63) is 109 Å². The first-order valence-corrected chi connectivity index (χ1v) is 30.6. The summed E-state index contributed by atoms with van der Waals surface area (Å²) in [6, 6.07) is 7.59. The number of unbranched alkanes of at least 4 members (excludes halogenated alkanes) is 6. The van der Waals surface area contributed by atoms with Crippen molar-refractivity contribution in [2.75, 3.05) is 44.7 Å². The van der Waals surface area contributed by atoms with Gasteiger partial charge in [0.05, 0.1) is 29.9 Å². The predicted octanol–water partition coefficient (Wildman–Crippen LogP) is 9.67. The number of aryl methyl sites for hydroxylation is 1. The molecule has 2 aliphatic carbocycles. The highest BCUT2D eigenvalue weighted by atomic mass is 32.1. The number of Topliss-reactive ketones (excluding diaryl/α,β-unsaturated/α-hetero) is 1. The number of fused-ring (bicyclic) bond motifs is 1. The second-order valence-corrected chi connectivity index (χ2v) is 23.8. The Hall–Kier alpha value is -6.76. The maximum Gasteiger partial charge on any atom is 0.263 e. The van der Waals surface area contributed by atoms with E-state index in [-0.39, 0.29) is 70.0 Å². The summed E-state index contributed by atoms with van der Waals surface area (Å²) in [5.41, 5.74) is 3.56. The standard InChI is InChI=1S/C62H79FN10O7S/c1-40-49-38-65-52(67-58(49)73(47-20-15-16-21-47)61(79)55(40)42(3)74)36-46-29-30-48(37-64-46)70-32-34-71(35-33-70)54(76)24-14-9-7-5-6-8-13-23-53(75)69(4)41(2)59(78)68-56(43-18-11-10-12-19-43)62(80)72-31-17-22-51(72)60-66-50(39-81-60)57(77)44-25-27-45(63)28-26-44/h25-30,37-39,41,43,47,51,56H,5-24,31-36H2,1-4H3,(H,68,78)/t41-,51-,56-/m0/s1. The number of likely N-dealkylation sites (tertiary alicyclic amines) is 1. The third kappa shape index (κ3) is 14.1. The first kappa shape index (κ1) is 58.9. The van der Waals surface area contributed by atoms with E-state index >= 15 is 0 Å². The van der Waals surface area contributed by atoms with Gasteiger partial charge in [-0.1, -0.05) is 64.2 Å². The van der Waals surface area contributed by atoms with E-state index in [0.29, 0.717) is 79.3 Å². The minimum Gasteiger partial charge on any atom is -0.367 e. The minimum atomic E-state index is -0.765. The molecule has 432 valence electrons. The molecular formula is C62H79FN10O7S. The van der Waals surface area contributed by atoms with Crippen molar-refractivity contribution in [3.8, 4) is 0 Å². The lowest BCUT2D eigenvalue weighted by Crippen LogP contribution is -2.56. The van der Waals surface area contributed by atoms with Crippen LogP contribution in [0.1, 0.15) is 203 Å². The molecule has 2 aliphatic heterocycles. The molecule has 2 saturated carbocycles. The van der Waals surface area contributed by atoms with Crippen LogP contribution in [0.5, 0.6) is 0 Å². The fourth-order valence-electron chi connectivity index (χ4n) is 12.5. The van der Waals surface area contributed by atoms with Gasteiger partial charge in [-0.05, 0) is 120 Å². The number of halogens is 1. The second kappa shape index (κ2) is 27.3. The molecule has 4 amide bonds. The number of thiazole rings is 1. The van der Waals surface area contributed by atoms with Crippen molar-refractivity contribution < 1.29 is 33.2 Å². The van der Waals surface area contributed by atoms with E-state index in [0.717, 1.165) is 133 Å². The van der Waals surface area contributed by atoms with Crippen LogP contribution in [0.25, 0.3) is 11.0 Å². The zero-order valence-electron chi connectivity index (χ0n) is 47.6. The molecule has 2 saturated heterocycles. The Kier molecular flexibility index (Phi) is 19.9. The SMILES string of the molecule is CC(=O)c1c(C)c2cnc(Cc3ccc(N4CCN(C(=O)CCCCCCCCCC(=O)N(C)[C@@H](C)C(=O)N[C@H](C(=O)N5CCC[C@H]5c5nc(C(=O)c6ccc(F)cc6)cs5)C5CCCCC5)CC4)cn3)nc2n(C2CCCC2)c1=O. The number of hydrogen-bond donors (Lipinski definition) is 1. The van der Waals surface area contributed by atoms with Gasteiger partial charge in [0.1, 0.15) is 40.1 Å². The normalized spacial score (nSPS) is 17.8. The lowest BCUT2D eigenvalue weighted by molar-refractivity contribution is -0.142. The number of carbonyl (C=O) groups excluding carboxylic acids is 6. The summed E-state index contributed by atoms with van der Waals surface area (Å²) in [4.78, 5) is 121. The van der Waals surface area contributed by atoms with Crippen molar-refractivity contribution in [2.24, 2.45) is 5.92 Å². The Bertz CT molecular complexity index is 3110. The van der Waals surface area contributed by atoms with E-state index in [1.54, 1.807) is 37.0 Å². The first-order valence-electron chi connectivity index (χ1n) is 29.7. The summed E-state index contributed by atoms with van der Waals surface area (Å²) in [6.07, 6.45) is 21.3. The third-order valence-electron chi connectivity index (χ3n) is 17.4. The van der Waals surface area contributed by atoms with E-state index in [1.165, 1.54) is 47.4 Å². The molecule has 19 heteroatoms. The zero-order chi connectivity index (χ0) is 57.2. The van der Waals surface area contributed by atoms with Crippen LogP contribution in [0, 0.1) is 18.7 Å². The minimum absolute atomic E-state index is 0.0155. The van der Waals surface area contributed by atoms with E-state index in [2.05, 4.69) is 26.3 Å². The molecular weight excluding hydrogens is 1050 g/mol. The molecule has 0 bridgehead atoms. The zero-order valence-corrected chi connectivity index (χ0v) is 48.5. The smallest absolute Gasteiger partial charge is 0.263 e. The Labute approximate surface area is 478 Å². The number of carbonyl (C=O) groups is 6. The number of ketones is 2. The number of hydrogen-bond acceptors (Lipinski definition) is 13. The molecule has 9 rings (SSSR count). The Morgan fingerprint density at radius 1 is 0.778 bits per heavy atom. The highest BCUT2D eigenvalue weighted by molar-refractivity contribution is 7.10. The number of piperazine rings is 1. The van der Waals surface area contributed by atoms with Gasteiger partial charge in [0.2, 0.25) is 29.4 Å². The molecule has 81 heavy (non-hydrogen) atoms. The number of amides is 4. The van der Waals surface area contributed by atoms with Gasteiger partial charge in [-0.25, -0.2) is 19.3 Å². The first-order chi connectivity index (χ1) is 39.2. The van der Waals surface area contributed by atoms with Crippen molar-refractivity contribution in [2.45, 2.75) is 180 Å². The van der Waals surface area contributed by atoms with Gasteiger partial charge < -0.3 is 24.9 Å². The number of pyridine rings is 2. The van der Waals surface area contributed by atoms with Gasteiger partial charge in [0.25, 0.3) is 5.56 Å². The fraction of sp³-hybridized carbons (Fsp3) is 0.565. The van der Waals surface area contributed by atoms with Crippen molar-refractivity contribution in [1.82, 2.24) is 44.5 Å². The Morgan fingerprint density at radius 3 is 2.14 bits per heavy atom. The lowest BCUT2D eigenvalue weighted by atomic mass is 9.83. The second-order valence-electron chi connectivity index (χ2n) is 22.9. The topological polar surface area (TPSA) is 201 Å². The number of aromatic nitrogens is 5. The van der Waals surface area contributed by atoms with Crippen LogP contribution in [0.2, 0.25) is 0 Å². The average Bonchev–Trinajstić information content (AvgIpc) is 4.41. The molecule has 6 heterocycles. The van der Waals surface area contributed by atoms with Crippen LogP contribution >= 0.6 is 11.3 Å². The molecule has 4 aliphatic rings. The molecule has 1 aromatic carbocycles. The van der Waals surface area contributed by atoms with Crippen molar-refractivity contribution >= 4 is 63.3 Å². The van der Waals surface area contributed by atoms with Crippen LogP contribution in [-0.2, 0) is 25.6 Å². The summed E-state index contributed by atoms with van der Waals surface area (Å²) in [6.45, 7) is 8.22. The third-order valence-corrected chi connectivity index (χ3v) is 18.4. The van der Waals surface area contributed by atoms with Gasteiger partial charge in [0.15, 0.2) is 5.78 Å². The predicted molar refractivity (Wildman–Crippen MR) is 310 cm³/mol. The van der Waals surface area contributed by atoms with Crippen LogP contribution in [0.15, 0.2) is 59.0 Å². The van der Waals surface area contributed by atoms with E-state index in [4.69, 9.17) is 9.97 Å². The van der Waals surface area contributed by atoms with Gasteiger partial charge in [-0.15, -0.1) is 11.3 Å². The summed E-state index contributed by atoms with van der Waals surface area (Å²) >= 11 is 1.33. The van der Waals surface area contributed by atoms with Gasteiger partial charge >= 0.3 is 0 Å². The monoisotopic (exact) mass is 1130 g/mol. The lowest BCUT2D eigenvalue weighted by Gasteiger charge is -2.36. The summed E-state index contributed by atoms with van der Waals surface area (Å²) in [7, 11) is 1.66. The maximum absolute atomic E-state index is 14.5. The Balaban J connectivity index is 0.657. The Morgan fingerprint density at radius 2 is 1.46 bits per heavy atom. The van der Waals surface area contributed by atoms with Gasteiger partial charge in [0, 0.05) is 86.9 Å². The summed E-state index contributed by atoms with van der Waals surface area (Å²) in [5.74, 6) is -0.855. The number of likely N-dealkylation sites (N-methyl/N-ethyl adjacent to an activating group) is 1. The van der Waals surface area contributed by atoms with Crippen LogP contribution < -0.4 is 15.8 Å². The van der Waals surface area contributed by atoms with Crippen LogP contribution in [0.4, 0.5) is 10.1 Å². The van der Waals surface area contributed by atoms with E-state index in [1.807, 2.05) is 22.1 Å². The summed E-state index contributed by atoms with van der Waals surface area (Å²) in [5, 5.41) is 6.19. The van der Waals surface area contributed by atoms with E-state index in [9.17, 15) is 38.0 Å². The number of benzene rings is 1. The maximum atomic E-state index is 14.5. The number of rotatable bonds is 23. The molecule has 0 radical (unpaired) electrons. The number of nitrogens with zero attached hydrogens (tertiary/aromatic N) is 9. The van der Waals surface area contributed by atoms with Gasteiger partial charge in [-0.2, -0.15) is 0 Å². The molecule has 0 unspecified atom stereocenters. The van der Waals surface area contributed by atoms with E-state index < -0.39 is 17.9 Å². The molecule has 5 aromatic rings. The molecule has 1 N–H and O–H groups in total. The van der Waals surface area contributed by atoms with Crippen molar-refractivity contribution in [3.63, 3.8) is 0 Å². The highest BCUT2D eigenvalue weighted by Gasteiger charge is 2.41. The number of nitrogens with one attached hydrogen (secondary N) is 1. The number of anilines is 1.